The summed E-state index contributed by atoms with van der Waals surface area (Å²) in [4.78, 5) is 63.1. The maximum Gasteiger partial charge on any atom is 0.265 e. The molecule has 1 atom stereocenters. The molecule has 9 rings (SSSR count). The van der Waals surface area contributed by atoms with Gasteiger partial charge in [0.1, 0.15) is 0 Å². The topological polar surface area (TPSA) is 130 Å². The number of likely N-dealkylation sites (N-methyl/N-ethyl adjacent to an activating group) is 1. The fourth-order valence-corrected chi connectivity index (χ4v) is 6.96. The zero-order chi connectivity index (χ0) is 40.3. The van der Waals surface area contributed by atoms with Crippen LogP contribution in [0.5, 0.6) is 0 Å². The third kappa shape index (κ3) is 7.50. The van der Waals surface area contributed by atoms with E-state index in [2.05, 4.69) is 20.6 Å². The third-order valence-corrected chi connectivity index (χ3v) is 10.5. The van der Waals surface area contributed by atoms with E-state index < -0.39 is 0 Å². The number of carbonyl (C=O) groups is 2. The summed E-state index contributed by atoms with van der Waals surface area (Å²) in [5, 5.41) is 10.9. The molecule has 288 valence electrons. The third-order valence-electron chi connectivity index (χ3n) is 10.5. The van der Waals surface area contributed by atoms with Gasteiger partial charge in [-0.2, -0.15) is 0 Å². The van der Waals surface area contributed by atoms with Gasteiger partial charge in [0.2, 0.25) is 0 Å². The predicted molar refractivity (Wildman–Crippen MR) is 231 cm³/mol. The second-order valence-electron chi connectivity index (χ2n) is 14.5. The van der Waals surface area contributed by atoms with Crippen LogP contribution in [0.25, 0.3) is 54.6 Å². The Morgan fingerprint density at radius 3 is 1.53 bits per heavy atom. The van der Waals surface area contributed by atoms with Crippen molar-refractivity contribution < 1.29 is 9.59 Å². The lowest BCUT2D eigenvalue weighted by Gasteiger charge is -2.20. The van der Waals surface area contributed by atoms with Crippen LogP contribution in [0.3, 0.4) is 0 Å². The van der Waals surface area contributed by atoms with E-state index in [0.717, 1.165) is 33.5 Å². The lowest BCUT2D eigenvalue weighted by Crippen LogP contribution is -2.38. The van der Waals surface area contributed by atoms with Crippen LogP contribution in [0.2, 0.25) is 0 Å². The number of benzene rings is 5. The molecular formula is C47H41N7O4. The second kappa shape index (κ2) is 16.1. The summed E-state index contributed by atoms with van der Waals surface area (Å²) in [6.45, 7) is 3.05. The van der Waals surface area contributed by atoms with Gasteiger partial charge in [0.25, 0.3) is 22.9 Å². The maximum absolute atomic E-state index is 13.1. The molecule has 2 amide bonds. The maximum atomic E-state index is 13.1. The molecule has 0 saturated carbocycles. The Bertz CT molecular complexity index is 3140. The van der Waals surface area contributed by atoms with Crippen molar-refractivity contribution in [1.29, 1.82) is 0 Å². The predicted octanol–water partition coefficient (Wildman–Crippen LogP) is 6.65. The van der Waals surface area contributed by atoms with Crippen LogP contribution >= 0.6 is 0 Å². The number of hydrogen-bond donors (Lipinski definition) is 2. The first kappa shape index (κ1) is 37.7. The molecule has 5 aromatic carbocycles. The number of aromatic nitrogens is 4. The summed E-state index contributed by atoms with van der Waals surface area (Å²) >= 11 is 0. The fraction of sp³-hybridized carbons (Fsp3) is 0.149. The first-order valence-corrected chi connectivity index (χ1v) is 19.1. The molecule has 4 heterocycles. The van der Waals surface area contributed by atoms with Gasteiger partial charge >= 0.3 is 0 Å². The molecule has 0 saturated heterocycles. The average Bonchev–Trinajstić information content (AvgIpc) is 3.24. The van der Waals surface area contributed by atoms with E-state index in [4.69, 9.17) is 0 Å². The molecule has 0 fully saturated rings. The Hall–Kier alpha value is -7.24. The van der Waals surface area contributed by atoms with Gasteiger partial charge in [0.15, 0.2) is 11.3 Å². The van der Waals surface area contributed by atoms with Gasteiger partial charge < -0.3 is 15.5 Å². The minimum Gasteiger partial charge on any atom is -0.352 e. The Balaban J connectivity index is 0.000000162. The van der Waals surface area contributed by atoms with Gasteiger partial charge in [-0.1, -0.05) is 78.9 Å². The van der Waals surface area contributed by atoms with E-state index in [1.165, 1.54) is 8.80 Å². The van der Waals surface area contributed by atoms with E-state index in [1.54, 1.807) is 36.7 Å². The molecule has 0 aliphatic heterocycles. The SMILES string of the molecule is C[C@@H](CNC(=O)c1cccn2c(=O)c3cc4ccccc4cc3nc12)N(C)C.O=C(NCCc1ccccc1)c1cccn2c(=O)c3cc4ccccc4cc3nc12. The van der Waals surface area contributed by atoms with Crippen LogP contribution in [0, 0.1) is 0 Å². The molecule has 0 aliphatic rings. The van der Waals surface area contributed by atoms with Gasteiger partial charge in [0, 0.05) is 31.5 Å². The van der Waals surface area contributed by atoms with Crippen molar-refractivity contribution in [2.24, 2.45) is 0 Å². The number of nitrogens with one attached hydrogen (secondary N) is 2. The van der Waals surface area contributed by atoms with Crippen LogP contribution < -0.4 is 21.8 Å². The number of pyridine rings is 2. The van der Waals surface area contributed by atoms with Crippen LogP contribution in [0.4, 0.5) is 0 Å². The normalized spacial score (nSPS) is 11.9. The van der Waals surface area contributed by atoms with Crippen molar-refractivity contribution in [3.63, 3.8) is 0 Å². The summed E-state index contributed by atoms with van der Waals surface area (Å²) < 4.78 is 2.89. The minimum absolute atomic E-state index is 0.179. The van der Waals surface area contributed by atoms with Crippen molar-refractivity contribution in [1.82, 2.24) is 34.3 Å². The molecule has 0 radical (unpaired) electrons. The van der Waals surface area contributed by atoms with E-state index in [9.17, 15) is 19.2 Å². The van der Waals surface area contributed by atoms with Crippen molar-refractivity contribution in [2.45, 2.75) is 19.4 Å². The van der Waals surface area contributed by atoms with Gasteiger partial charge in [-0.25, -0.2) is 9.97 Å². The number of rotatable bonds is 8. The largest absolute Gasteiger partial charge is 0.352 e. The zero-order valence-corrected chi connectivity index (χ0v) is 32.3. The highest BCUT2D eigenvalue weighted by molar-refractivity contribution is 6.03. The summed E-state index contributed by atoms with van der Waals surface area (Å²) in [6.07, 6.45) is 4.04. The molecule has 2 N–H and O–H groups in total. The number of amides is 2. The second-order valence-corrected chi connectivity index (χ2v) is 14.5. The van der Waals surface area contributed by atoms with Crippen LogP contribution in [-0.4, -0.2) is 68.7 Å². The molecule has 58 heavy (non-hydrogen) atoms. The molecule has 4 aromatic heterocycles. The van der Waals surface area contributed by atoms with Gasteiger partial charge in [-0.05, 0) is 103 Å². The standard InChI is InChI=1S/C25H19N3O2.C22H22N4O2/c29-24(26-13-12-17-7-2-1-3-8-17)20-11-6-14-28-23(20)27-22-16-19-10-5-4-9-18(19)15-21(22)25(28)30;1-14(25(2)3)13-23-21(27)17-9-6-10-26-20(17)24-19-12-16-8-5-4-7-15(16)11-18(19)22(26)28/h1-11,14-16H,12-13H2,(H,26,29);4-12,14H,13H2,1-3H3,(H,23,27)/t;14-/m.0/s1. The highest BCUT2D eigenvalue weighted by atomic mass is 16.2. The Kier molecular flexibility index (Phi) is 10.4. The lowest BCUT2D eigenvalue weighted by molar-refractivity contribution is 0.0940. The van der Waals surface area contributed by atoms with Gasteiger partial charge in [-0.15, -0.1) is 0 Å². The van der Waals surface area contributed by atoms with E-state index in [0.29, 0.717) is 57.3 Å². The fourth-order valence-electron chi connectivity index (χ4n) is 6.96. The number of hydrogen-bond acceptors (Lipinski definition) is 7. The van der Waals surface area contributed by atoms with Crippen molar-refractivity contribution in [3.05, 3.63) is 177 Å². The van der Waals surface area contributed by atoms with E-state index >= 15 is 0 Å². The molecule has 9 aromatic rings. The van der Waals surface area contributed by atoms with Crippen LogP contribution in [0.15, 0.2) is 149 Å². The highest BCUT2D eigenvalue weighted by Crippen LogP contribution is 2.22. The first-order chi connectivity index (χ1) is 28.2. The smallest absolute Gasteiger partial charge is 0.265 e. The zero-order valence-electron chi connectivity index (χ0n) is 32.3. The summed E-state index contributed by atoms with van der Waals surface area (Å²) in [6, 6.07) is 40.2. The van der Waals surface area contributed by atoms with Gasteiger partial charge in [0.05, 0.1) is 32.9 Å². The molecule has 0 spiro atoms. The number of nitrogens with zero attached hydrogens (tertiary/aromatic N) is 5. The number of fused-ring (bicyclic) bond motifs is 6. The highest BCUT2D eigenvalue weighted by Gasteiger charge is 2.17. The summed E-state index contributed by atoms with van der Waals surface area (Å²) in [5.74, 6) is -0.477. The molecule has 0 aliphatic carbocycles. The van der Waals surface area contributed by atoms with Crippen molar-refractivity contribution >= 4 is 66.5 Å². The van der Waals surface area contributed by atoms with E-state index in [-0.39, 0.29) is 29.0 Å². The molecule has 11 heteroatoms. The minimum atomic E-state index is -0.240. The summed E-state index contributed by atoms with van der Waals surface area (Å²) in [7, 11) is 3.93. The van der Waals surface area contributed by atoms with Crippen molar-refractivity contribution in [3.8, 4) is 0 Å². The Morgan fingerprint density at radius 2 is 1.05 bits per heavy atom. The molecule has 0 unspecified atom stereocenters. The number of carbonyl (C=O) groups excluding carboxylic acids is 2. The quantitative estimate of drug-likeness (QED) is 0.166. The Morgan fingerprint density at radius 1 is 0.603 bits per heavy atom. The average molecular weight is 768 g/mol. The van der Waals surface area contributed by atoms with E-state index in [1.807, 2.05) is 129 Å². The van der Waals surface area contributed by atoms with Crippen molar-refractivity contribution in [2.75, 3.05) is 27.2 Å². The lowest BCUT2D eigenvalue weighted by atomic mass is 10.1. The monoisotopic (exact) mass is 767 g/mol. The molecular weight excluding hydrogens is 727 g/mol. The first-order valence-electron chi connectivity index (χ1n) is 19.1. The summed E-state index contributed by atoms with van der Waals surface area (Å²) in [5.41, 5.74) is 3.48. The Labute approximate surface area is 333 Å². The molecule has 0 bridgehead atoms. The van der Waals surface area contributed by atoms with Crippen LogP contribution in [-0.2, 0) is 6.42 Å². The van der Waals surface area contributed by atoms with Gasteiger partial charge in [-0.3, -0.25) is 28.0 Å². The molecule has 11 nitrogen and oxygen atoms in total. The van der Waals surface area contributed by atoms with Crippen LogP contribution in [0.1, 0.15) is 33.2 Å².